The second kappa shape index (κ2) is 7.37. The van der Waals surface area contributed by atoms with Crippen molar-refractivity contribution in [2.45, 2.75) is 0 Å². The van der Waals surface area contributed by atoms with Crippen molar-refractivity contribution in [3.05, 3.63) is 6.33 Å². The summed E-state index contributed by atoms with van der Waals surface area (Å²) in [7, 11) is 4.76. The minimum absolute atomic E-state index is 0.133. The van der Waals surface area contributed by atoms with E-state index in [1.165, 1.54) is 13.4 Å². The second-order valence-corrected chi connectivity index (χ2v) is 3.82. The molecule has 1 rings (SSSR count). The van der Waals surface area contributed by atoms with Gasteiger partial charge in [-0.2, -0.15) is 4.98 Å². The van der Waals surface area contributed by atoms with Gasteiger partial charge in [0.1, 0.15) is 12.0 Å². The van der Waals surface area contributed by atoms with Crippen LogP contribution in [0.2, 0.25) is 0 Å². The monoisotopic (exact) mass is 269 g/mol. The van der Waals surface area contributed by atoms with E-state index < -0.39 is 0 Å². The van der Waals surface area contributed by atoms with Crippen molar-refractivity contribution in [3.8, 4) is 5.88 Å². The number of aromatic nitrogens is 2. The Kier molecular flexibility index (Phi) is 5.80. The Labute approximate surface area is 111 Å². The van der Waals surface area contributed by atoms with E-state index in [0.717, 1.165) is 0 Å². The first-order chi connectivity index (χ1) is 9.10. The van der Waals surface area contributed by atoms with Gasteiger partial charge in [-0.3, -0.25) is 4.79 Å². The van der Waals surface area contributed by atoms with Gasteiger partial charge in [0.15, 0.2) is 5.82 Å². The number of anilines is 2. The lowest BCUT2D eigenvalue weighted by molar-refractivity contribution is -0.119. The Hall–Kier alpha value is -2.09. The molecule has 0 atom stereocenters. The van der Waals surface area contributed by atoms with E-state index in [1.54, 1.807) is 19.1 Å². The molecule has 1 aromatic heterocycles. The fourth-order valence-electron chi connectivity index (χ4n) is 1.48. The zero-order chi connectivity index (χ0) is 14.3. The van der Waals surface area contributed by atoms with E-state index in [9.17, 15) is 4.79 Å². The molecule has 0 radical (unpaired) electrons. The van der Waals surface area contributed by atoms with Gasteiger partial charge in [-0.15, -0.1) is 0 Å². The fraction of sp³-hybridized carbons (Fsp3) is 0.545. The first-order valence-electron chi connectivity index (χ1n) is 5.71. The van der Waals surface area contributed by atoms with Crippen molar-refractivity contribution in [3.63, 3.8) is 0 Å². The van der Waals surface area contributed by atoms with Crippen molar-refractivity contribution in [2.24, 2.45) is 0 Å². The molecule has 3 N–H and O–H groups in total. The largest absolute Gasteiger partial charge is 0.479 e. The summed E-state index contributed by atoms with van der Waals surface area (Å²) in [5.74, 6) is 0.599. The number of likely N-dealkylation sites (N-methyl/N-ethyl adjacent to an activating group) is 1. The van der Waals surface area contributed by atoms with E-state index in [4.69, 9.17) is 15.2 Å². The summed E-state index contributed by atoms with van der Waals surface area (Å²) in [6.07, 6.45) is 1.34. The van der Waals surface area contributed by atoms with E-state index in [0.29, 0.717) is 24.7 Å². The topological polar surface area (TPSA) is 103 Å². The van der Waals surface area contributed by atoms with Crippen LogP contribution in [0.15, 0.2) is 6.33 Å². The lowest BCUT2D eigenvalue weighted by Crippen LogP contribution is -2.37. The lowest BCUT2D eigenvalue weighted by atomic mass is 10.4. The molecule has 0 spiro atoms. The van der Waals surface area contributed by atoms with Gasteiger partial charge >= 0.3 is 0 Å². The van der Waals surface area contributed by atoms with Crippen LogP contribution in [0.25, 0.3) is 0 Å². The van der Waals surface area contributed by atoms with Crippen molar-refractivity contribution >= 4 is 17.4 Å². The first kappa shape index (κ1) is 15.0. The molecule has 0 fully saturated rings. The maximum Gasteiger partial charge on any atom is 0.242 e. The second-order valence-electron chi connectivity index (χ2n) is 3.82. The number of carbonyl (C=O) groups is 1. The molecule has 8 nitrogen and oxygen atoms in total. The Bertz CT molecular complexity index is 427. The number of hydrogen-bond acceptors (Lipinski definition) is 7. The zero-order valence-corrected chi connectivity index (χ0v) is 11.3. The van der Waals surface area contributed by atoms with Crippen LogP contribution >= 0.6 is 0 Å². The van der Waals surface area contributed by atoms with E-state index in [2.05, 4.69) is 15.3 Å². The van der Waals surface area contributed by atoms with E-state index >= 15 is 0 Å². The molecule has 0 bridgehead atoms. The van der Waals surface area contributed by atoms with Crippen molar-refractivity contribution in [2.75, 3.05) is 51.6 Å². The summed E-state index contributed by atoms with van der Waals surface area (Å²) in [6, 6.07) is 0. The standard InChI is InChI=1S/C11H19N5O3/c1-16(6-8(17)13-4-5-18-2)10-9(12)11(19-3)15-7-14-10/h7H,4-6,12H2,1-3H3,(H,13,17). The predicted molar refractivity (Wildman–Crippen MR) is 71.2 cm³/mol. The molecule has 0 unspecified atom stereocenters. The average Bonchev–Trinajstić information content (AvgIpc) is 2.39. The maximum absolute atomic E-state index is 11.6. The Morgan fingerprint density at radius 1 is 1.47 bits per heavy atom. The van der Waals surface area contributed by atoms with Crippen LogP contribution < -0.4 is 20.7 Å². The SMILES string of the molecule is COCCNC(=O)CN(C)c1ncnc(OC)c1N. The highest BCUT2D eigenvalue weighted by atomic mass is 16.5. The van der Waals surface area contributed by atoms with Gasteiger partial charge in [0.25, 0.3) is 0 Å². The smallest absolute Gasteiger partial charge is 0.242 e. The zero-order valence-electron chi connectivity index (χ0n) is 11.3. The Balaban J connectivity index is 2.62. The summed E-state index contributed by atoms with van der Waals surface area (Å²) >= 11 is 0. The van der Waals surface area contributed by atoms with Gasteiger partial charge in [-0.05, 0) is 0 Å². The molecule has 1 amide bonds. The third-order valence-electron chi connectivity index (χ3n) is 2.39. The van der Waals surface area contributed by atoms with Crippen LogP contribution in [0.3, 0.4) is 0 Å². The minimum atomic E-state index is -0.142. The Morgan fingerprint density at radius 2 is 2.21 bits per heavy atom. The van der Waals surface area contributed by atoms with Gasteiger partial charge in [0, 0.05) is 20.7 Å². The molecular formula is C11H19N5O3. The van der Waals surface area contributed by atoms with Crippen LogP contribution in [0.1, 0.15) is 0 Å². The van der Waals surface area contributed by atoms with Crippen LogP contribution in [-0.4, -0.2) is 56.8 Å². The molecule has 19 heavy (non-hydrogen) atoms. The summed E-state index contributed by atoms with van der Waals surface area (Å²) in [4.78, 5) is 21.2. The molecule has 0 aromatic carbocycles. The van der Waals surface area contributed by atoms with Crippen molar-refractivity contribution < 1.29 is 14.3 Å². The number of carbonyl (C=O) groups excluding carboxylic acids is 1. The van der Waals surface area contributed by atoms with Crippen LogP contribution in [-0.2, 0) is 9.53 Å². The third kappa shape index (κ3) is 4.25. The molecule has 0 aliphatic heterocycles. The first-order valence-corrected chi connectivity index (χ1v) is 5.71. The molecule has 1 aromatic rings. The molecule has 0 saturated carbocycles. The third-order valence-corrected chi connectivity index (χ3v) is 2.39. The van der Waals surface area contributed by atoms with Gasteiger partial charge in [-0.1, -0.05) is 0 Å². The van der Waals surface area contributed by atoms with Gasteiger partial charge < -0.3 is 25.4 Å². The number of methoxy groups -OCH3 is 2. The van der Waals surface area contributed by atoms with Crippen LogP contribution in [0, 0.1) is 0 Å². The number of amides is 1. The van der Waals surface area contributed by atoms with Gasteiger partial charge in [-0.25, -0.2) is 4.98 Å². The molecular weight excluding hydrogens is 250 g/mol. The average molecular weight is 269 g/mol. The van der Waals surface area contributed by atoms with Gasteiger partial charge in [0.2, 0.25) is 11.8 Å². The fourth-order valence-corrected chi connectivity index (χ4v) is 1.48. The summed E-state index contributed by atoms with van der Waals surface area (Å²) < 4.78 is 9.85. The molecule has 106 valence electrons. The number of ether oxygens (including phenoxy) is 2. The van der Waals surface area contributed by atoms with Crippen molar-refractivity contribution in [1.82, 2.24) is 15.3 Å². The molecule has 0 aliphatic rings. The van der Waals surface area contributed by atoms with E-state index in [1.807, 2.05) is 0 Å². The highest BCUT2D eigenvalue weighted by molar-refractivity contribution is 5.82. The highest BCUT2D eigenvalue weighted by Crippen LogP contribution is 2.26. The minimum Gasteiger partial charge on any atom is -0.479 e. The number of nitrogen functional groups attached to an aromatic ring is 1. The summed E-state index contributed by atoms with van der Waals surface area (Å²) in [5.41, 5.74) is 6.15. The van der Waals surface area contributed by atoms with Crippen LogP contribution in [0.4, 0.5) is 11.5 Å². The number of nitrogens with two attached hydrogens (primary N) is 1. The van der Waals surface area contributed by atoms with E-state index in [-0.39, 0.29) is 18.3 Å². The number of nitrogens with one attached hydrogen (secondary N) is 1. The summed E-state index contributed by atoms with van der Waals surface area (Å²) in [6.45, 7) is 1.07. The molecule has 0 saturated heterocycles. The molecule has 1 heterocycles. The van der Waals surface area contributed by atoms with Gasteiger partial charge in [0.05, 0.1) is 20.3 Å². The normalized spacial score (nSPS) is 10.1. The van der Waals surface area contributed by atoms with Crippen molar-refractivity contribution in [1.29, 1.82) is 0 Å². The van der Waals surface area contributed by atoms with Crippen LogP contribution in [0.5, 0.6) is 5.88 Å². The quantitative estimate of drug-likeness (QED) is 0.629. The predicted octanol–water partition coefficient (Wildman–Crippen LogP) is -0.734. The number of nitrogens with zero attached hydrogens (tertiary/aromatic N) is 3. The molecule has 8 heteroatoms. The highest BCUT2D eigenvalue weighted by Gasteiger charge is 2.14. The lowest BCUT2D eigenvalue weighted by Gasteiger charge is -2.19. The summed E-state index contributed by atoms with van der Waals surface area (Å²) in [5, 5.41) is 2.71. The maximum atomic E-state index is 11.6. The number of hydrogen-bond donors (Lipinski definition) is 2. The molecule has 0 aliphatic carbocycles. The number of rotatable bonds is 7. The Morgan fingerprint density at radius 3 is 2.84 bits per heavy atom.